The fourth-order valence-corrected chi connectivity index (χ4v) is 3.27. The number of Topliss-reactive ketones (excluding diaryl/α,β-unsaturated/α-hetero) is 1. The maximum Gasteiger partial charge on any atom is 0.268 e. The van der Waals surface area contributed by atoms with E-state index in [2.05, 4.69) is 10.3 Å². The number of benzene rings is 1. The van der Waals surface area contributed by atoms with E-state index in [9.17, 15) is 14.0 Å². The molecule has 0 aliphatic rings. The van der Waals surface area contributed by atoms with Gasteiger partial charge >= 0.3 is 0 Å². The van der Waals surface area contributed by atoms with Crippen LogP contribution in [0.5, 0.6) is 0 Å². The summed E-state index contributed by atoms with van der Waals surface area (Å²) in [6.07, 6.45) is 0. The molecule has 128 valence electrons. The van der Waals surface area contributed by atoms with Crippen molar-refractivity contribution in [2.45, 2.75) is 33.7 Å². The molecular formula is C17H17Cl2FN2O2. The number of amides is 1. The third-order valence-corrected chi connectivity index (χ3v) is 4.49. The summed E-state index contributed by atoms with van der Waals surface area (Å²) in [5.41, 5.74) is 2.43. The second-order valence-corrected chi connectivity index (χ2v) is 6.48. The van der Waals surface area contributed by atoms with Gasteiger partial charge in [-0.05, 0) is 51.0 Å². The molecule has 2 N–H and O–H groups in total. The molecule has 0 fully saturated rings. The molecule has 1 amide bonds. The van der Waals surface area contributed by atoms with Crippen LogP contribution in [-0.4, -0.2) is 16.7 Å². The molecule has 2 aromatic rings. The molecule has 7 heteroatoms. The average Bonchev–Trinajstić information content (AvgIpc) is 2.77. The van der Waals surface area contributed by atoms with Crippen LogP contribution in [-0.2, 0) is 0 Å². The zero-order valence-electron chi connectivity index (χ0n) is 13.7. The maximum atomic E-state index is 13.6. The summed E-state index contributed by atoms with van der Waals surface area (Å²) in [5, 5.41) is 2.93. The summed E-state index contributed by atoms with van der Waals surface area (Å²) in [7, 11) is 0. The van der Waals surface area contributed by atoms with E-state index >= 15 is 0 Å². The first-order valence-corrected chi connectivity index (χ1v) is 8.04. The number of aromatic amines is 1. The largest absolute Gasteiger partial charge is 0.354 e. The number of carbonyl (C=O) groups excluding carboxylic acids is 2. The van der Waals surface area contributed by atoms with Gasteiger partial charge < -0.3 is 10.3 Å². The fraction of sp³-hybridized carbons (Fsp3) is 0.294. The second kappa shape index (κ2) is 6.95. The number of hydrogen-bond donors (Lipinski definition) is 2. The summed E-state index contributed by atoms with van der Waals surface area (Å²) in [4.78, 5) is 27.1. The van der Waals surface area contributed by atoms with Crippen molar-refractivity contribution < 1.29 is 14.0 Å². The quantitative estimate of drug-likeness (QED) is 0.601. The topological polar surface area (TPSA) is 62.0 Å². The van der Waals surface area contributed by atoms with Gasteiger partial charge in [-0.1, -0.05) is 23.2 Å². The molecule has 0 unspecified atom stereocenters. The standard InChI is InChI=1S/C17H17Cl2FN2O2/c1-7-15(10(4)23)9(3)21-16(7)17(24)22-8(2)11-5-14(20)13(19)6-12(11)18/h5-6,8,21H,1-4H3,(H,22,24)/t8-/m0/s1. The Balaban J connectivity index is 2.29. The van der Waals surface area contributed by atoms with Crippen LogP contribution in [0.25, 0.3) is 0 Å². The number of ketones is 1. The lowest BCUT2D eigenvalue weighted by atomic mass is 10.1. The zero-order chi connectivity index (χ0) is 18.2. The van der Waals surface area contributed by atoms with Gasteiger partial charge in [0.1, 0.15) is 11.5 Å². The lowest BCUT2D eigenvalue weighted by Gasteiger charge is -2.16. The first kappa shape index (κ1) is 18.5. The minimum Gasteiger partial charge on any atom is -0.354 e. The van der Waals surface area contributed by atoms with Crippen molar-refractivity contribution in [1.29, 1.82) is 0 Å². The highest BCUT2D eigenvalue weighted by Crippen LogP contribution is 2.29. The van der Waals surface area contributed by atoms with E-state index in [0.29, 0.717) is 28.1 Å². The molecule has 1 aromatic heterocycles. The lowest BCUT2D eigenvalue weighted by Crippen LogP contribution is -2.28. The van der Waals surface area contributed by atoms with Crippen LogP contribution < -0.4 is 5.32 Å². The van der Waals surface area contributed by atoms with Crippen molar-refractivity contribution in [2.24, 2.45) is 0 Å². The van der Waals surface area contributed by atoms with E-state index in [-0.39, 0.29) is 15.8 Å². The highest BCUT2D eigenvalue weighted by atomic mass is 35.5. The number of H-pyrrole nitrogens is 1. The summed E-state index contributed by atoms with van der Waals surface area (Å²) in [5.74, 6) is -1.12. The van der Waals surface area contributed by atoms with Gasteiger partial charge in [-0.15, -0.1) is 0 Å². The van der Waals surface area contributed by atoms with Crippen molar-refractivity contribution in [3.05, 3.63) is 56.1 Å². The number of aromatic nitrogens is 1. The van der Waals surface area contributed by atoms with Crippen LogP contribution >= 0.6 is 23.2 Å². The van der Waals surface area contributed by atoms with E-state index in [1.54, 1.807) is 20.8 Å². The Morgan fingerprint density at radius 2 is 1.83 bits per heavy atom. The van der Waals surface area contributed by atoms with Gasteiger partial charge in [0.2, 0.25) is 0 Å². The Morgan fingerprint density at radius 3 is 2.38 bits per heavy atom. The first-order valence-electron chi connectivity index (χ1n) is 7.28. The van der Waals surface area contributed by atoms with Crippen molar-refractivity contribution in [2.75, 3.05) is 0 Å². The number of aryl methyl sites for hydroxylation is 1. The first-order chi connectivity index (χ1) is 11.1. The predicted octanol–water partition coefficient (Wildman–Crippen LogP) is 4.77. The van der Waals surface area contributed by atoms with E-state index in [1.165, 1.54) is 19.1 Å². The molecule has 24 heavy (non-hydrogen) atoms. The number of nitrogens with one attached hydrogen (secondary N) is 2. The van der Waals surface area contributed by atoms with Crippen LogP contribution in [0.4, 0.5) is 4.39 Å². The van der Waals surface area contributed by atoms with Gasteiger partial charge in [0.15, 0.2) is 5.78 Å². The normalized spacial score (nSPS) is 12.1. The Labute approximate surface area is 149 Å². The highest BCUT2D eigenvalue weighted by molar-refractivity contribution is 6.35. The summed E-state index contributed by atoms with van der Waals surface area (Å²) >= 11 is 11.8. The third kappa shape index (κ3) is 3.47. The van der Waals surface area contributed by atoms with Crippen molar-refractivity contribution in [3.8, 4) is 0 Å². The number of halogens is 3. The lowest BCUT2D eigenvalue weighted by molar-refractivity contribution is 0.0934. The molecule has 0 spiro atoms. The van der Waals surface area contributed by atoms with Crippen LogP contribution in [0.3, 0.4) is 0 Å². The van der Waals surface area contributed by atoms with Crippen molar-refractivity contribution in [1.82, 2.24) is 10.3 Å². The van der Waals surface area contributed by atoms with Gasteiger partial charge in [0.05, 0.1) is 11.1 Å². The SMILES string of the molecule is CC(=O)c1c(C)[nH]c(C(=O)N[C@@H](C)c2cc(F)c(Cl)cc2Cl)c1C. The van der Waals surface area contributed by atoms with Gasteiger partial charge in [0.25, 0.3) is 5.91 Å². The second-order valence-electron chi connectivity index (χ2n) is 5.66. The Kier molecular flexibility index (Phi) is 5.35. The summed E-state index contributed by atoms with van der Waals surface area (Å²) in [6.45, 7) is 6.57. The van der Waals surface area contributed by atoms with Crippen LogP contribution in [0.2, 0.25) is 10.0 Å². The summed E-state index contributed by atoms with van der Waals surface area (Å²) < 4.78 is 13.6. The molecule has 0 saturated carbocycles. The Hall–Kier alpha value is -1.85. The monoisotopic (exact) mass is 370 g/mol. The molecule has 0 radical (unpaired) electrons. The van der Waals surface area contributed by atoms with E-state index in [4.69, 9.17) is 23.2 Å². The maximum absolute atomic E-state index is 13.6. The van der Waals surface area contributed by atoms with E-state index < -0.39 is 17.8 Å². The highest BCUT2D eigenvalue weighted by Gasteiger charge is 2.22. The molecule has 1 aromatic carbocycles. The summed E-state index contributed by atoms with van der Waals surface area (Å²) in [6, 6.07) is 1.96. The third-order valence-electron chi connectivity index (χ3n) is 3.87. The molecule has 0 saturated heterocycles. The average molecular weight is 371 g/mol. The number of rotatable bonds is 4. The zero-order valence-corrected chi connectivity index (χ0v) is 15.2. The molecule has 0 aliphatic heterocycles. The molecule has 0 bridgehead atoms. The van der Waals surface area contributed by atoms with Gasteiger partial charge in [-0.25, -0.2) is 4.39 Å². The van der Waals surface area contributed by atoms with Crippen LogP contribution in [0.1, 0.15) is 57.6 Å². The van der Waals surface area contributed by atoms with Crippen LogP contribution in [0.15, 0.2) is 12.1 Å². The number of carbonyl (C=O) groups is 2. The molecular weight excluding hydrogens is 354 g/mol. The van der Waals surface area contributed by atoms with Gasteiger partial charge in [-0.3, -0.25) is 9.59 Å². The predicted molar refractivity (Wildman–Crippen MR) is 92.6 cm³/mol. The Morgan fingerprint density at radius 1 is 1.21 bits per heavy atom. The minimum atomic E-state index is -0.608. The Bertz CT molecular complexity index is 830. The molecule has 0 aliphatic carbocycles. The van der Waals surface area contributed by atoms with Crippen molar-refractivity contribution in [3.63, 3.8) is 0 Å². The molecule has 4 nitrogen and oxygen atoms in total. The molecule has 2 rings (SSSR count). The van der Waals surface area contributed by atoms with E-state index in [0.717, 1.165) is 0 Å². The van der Waals surface area contributed by atoms with Gasteiger partial charge in [-0.2, -0.15) is 0 Å². The fourth-order valence-electron chi connectivity index (χ4n) is 2.72. The molecule has 1 atom stereocenters. The number of hydrogen-bond acceptors (Lipinski definition) is 2. The smallest absolute Gasteiger partial charge is 0.268 e. The van der Waals surface area contributed by atoms with Crippen molar-refractivity contribution >= 4 is 34.9 Å². The minimum absolute atomic E-state index is 0.0794. The van der Waals surface area contributed by atoms with Gasteiger partial charge in [0, 0.05) is 16.3 Å². The molecule has 1 heterocycles. The van der Waals surface area contributed by atoms with Crippen LogP contribution in [0, 0.1) is 19.7 Å². The van der Waals surface area contributed by atoms with E-state index in [1.807, 2.05) is 0 Å².